The van der Waals surface area contributed by atoms with Crippen molar-refractivity contribution in [3.05, 3.63) is 22.9 Å². The summed E-state index contributed by atoms with van der Waals surface area (Å²) in [5, 5.41) is 2.88. The summed E-state index contributed by atoms with van der Waals surface area (Å²) in [5.74, 6) is -0.0236. The Labute approximate surface area is 173 Å². The molecule has 154 valence electrons. The van der Waals surface area contributed by atoms with Crippen molar-refractivity contribution in [2.45, 2.75) is 51.2 Å². The van der Waals surface area contributed by atoms with Crippen molar-refractivity contribution in [3.8, 4) is 10.6 Å². The van der Waals surface area contributed by atoms with Gasteiger partial charge >= 0.3 is 0 Å². The van der Waals surface area contributed by atoms with Crippen LogP contribution in [0.25, 0.3) is 10.6 Å². The predicted molar refractivity (Wildman–Crippen MR) is 110 cm³/mol. The molecule has 1 atom stereocenters. The average molecular weight is 435 g/mol. The molecule has 10 heteroatoms. The number of carbonyl (C=O) groups excluding carboxylic acids is 2. The topological polar surface area (TPSA) is 109 Å². The molecule has 0 spiro atoms. The van der Waals surface area contributed by atoms with Gasteiger partial charge in [-0.3, -0.25) is 9.59 Å². The molecule has 0 radical (unpaired) electrons. The highest BCUT2D eigenvalue weighted by molar-refractivity contribution is 7.90. The molecule has 2 aromatic rings. The number of anilines is 1. The van der Waals surface area contributed by atoms with Crippen LogP contribution in [-0.2, 0) is 21.2 Å². The second-order valence-electron chi connectivity index (χ2n) is 7.74. The summed E-state index contributed by atoms with van der Waals surface area (Å²) in [5.41, 5.74) is 1.94. The normalized spacial score (nSPS) is 17.4. The first-order valence-corrected chi connectivity index (χ1v) is 12.1. The lowest BCUT2D eigenvalue weighted by Crippen LogP contribution is -2.35. The summed E-state index contributed by atoms with van der Waals surface area (Å²) >= 11 is 1.23. The first-order valence-electron chi connectivity index (χ1n) is 9.36. The van der Waals surface area contributed by atoms with E-state index >= 15 is 0 Å². The van der Waals surface area contributed by atoms with Crippen LogP contribution in [0.5, 0.6) is 0 Å². The highest BCUT2D eigenvalue weighted by Crippen LogP contribution is 2.41. The fourth-order valence-corrected chi connectivity index (χ4v) is 5.54. The van der Waals surface area contributed by atoms with E-state index in [1.165, 1.54) is 18.3 Å². The van der Waals surface area contributed by atoms with Crippen molar-refractivity contribution >= 4 is 38.1 Å². The van der Waals surface area contributed by atoms with E-state index < -0.39 is 9.84 Å². The minimum Gasteiger partial charge on any atom is -0.331 e. The Bertz CT molecular complexity index is 1140. The van der Waals surface area contributed by atoms with Crippen molar-refractivity contribution in [1.29, 1.82) is 0 Å². The summed E-state index contributed by atoms with van der Waals surface area (Å²) in [6.07, 6.45) is 3.26. The van der Waals surface area contributed by atoms with E-state index in [4.69, 9.17) is 0 Å². The number of amides is 2. The molecule has 29 heavy (non-hydrogen) atoms. The lowest BCUT2D eigenvalue weighted by molar-refractivity contribution is -0.114. The standard InChI is InChI=1S/C19H22N4O4S2/c1-9-16(28-19(20-9)21-11(3)24)14-7-13-8-23(10(2)12-5-6-12)18(25)15(13)17(22-14)29(4,26)27/h7,10,12H,5-6,8H2,1-4H3,(H,20,21,24)/t10-/m0/s1. The van der Waals surface area contributed by atoms with E-state index in [2.05, 4.69) is 15.3 Å². The van der Waals surface area contributed by atoms with Crippen LogP contribution in [-0.4, -0.2) is 47.4 Å². The Morgan fingerprint density at radius 2 is 2.03 bits per heavy atom. The van der Waals surface area contributed by atoms with Gasteiger partial charge in [-0.15, -0.1) is 0 Å². The molecule has 4 rings (SSSR count). The van der Waals surface area contributed by atoms with Gasteiger partial charge < -0.3 is 10.2 Å². The van der Waals surface area contributed by atoms with E-state index in [9.17, 15) is 18.0 Å². The lowest BCUT2D eigenvalue weighted by Gasteiger charge is -2.23. The third-order valence-corrected chi connectivity index (χ3v) is 7.44. The smallest absolute Gasteiger partial charge is 0.257 e. The Morgan fingerprint density at radius 3 is 2.62 bits per heavy atom. The molecule has 1 saturated carbocycles. The number of hydrogen-bond acceptors (Lipinski definition) is 7. The molecule has 2 aromatic heterocycles. The van der Waals surface area contributed by atoms with Crippen molar-refractivity contribution in [3.63, 3.8) is 0 Å². The number of carbonyl (C=O) groups is 2. The summed E-state index contributed by atoms with van der Waals surface area (Å²) in [7, 11) is -3.71. The first kappa shape index (κ1) is 20.0. The summed E-state index contributed by atoms with van der Waals surface area (Å²) < 4.78 is 25.0. The van der Waals surface area contributed by atoms with Gasteiger partial charge in [-0.2, -0.15) is 0 Å². The zero-order valence-electron chi connectivity index (χ0n) is 16.6. The molecule has 2 aliphatic rings. The molecule has 2 amide bonds. The van der Waals surface area contributed by atoms with E-state index in [1.807, 2.05) is 6.92 Å². The Balaban J connectivity index is 1.82. The van der Waals surface area contributed by atoms with Gasteiger partial charge in [0.25, 0.3) is 5.91 Å². The van der Waals surface area contributed by atoms with E-state index in [0.29, 0.717) is 39.4 Å². The van der Waals surface area contributed by atoms with Crippen LogP contribution in [0.15, 0.2) is 11.1 Å². The maximum atomic E-state index is 13.0. The number of sulfone groups is 1. The lowest BCUT2D eigenvalue weighted by atomic mass is 10.1. The molecule has 1 aliphatic heterocycles. The summed E-state index contributed by atoms with van der Waals surface area (Å²) in [6.45, 7) is 5.56. The molecule has 1 fully saturated rings. The number of hydrogen-bond donors (Lipinski definition) is 1. The van der Waals surface area contributed by atoms with Crippen LogP contribution in [0.2, 0.25) is 0 Å². The largest absolute Gasteiger partial charge is 0.331 e. The van der Waals surface area contributed by atoms with Gasteiger partial charge in [-0.05, 0) is 44.2 Å². The Morgan fingerprint density at radius 1 is 1.34 bits per heavy atom. The maximum Gasteiger partial charge on any atom is 0.257 e. The highest BCUT2D eigenvalue weighted by atomic mass is 32.2. The molecule has 0 bridgehead atoms. The number of thiazole rings is 1. The zero-order valence-corrected chi connectivity index (χ0v) is 18.3. The average Bonchev–Trinajstić information content (AvgIpc) is 3.33. The maximum absolute atomic E-state index is 13.0. The third kappa shape index (κ3) is 3.66. The van der Waals surface area contributed by atoms with Crippen LogP contribution >= 0.6 is 11.3 Å². The molecule has 0 saturated heterocycles. The van der Waals surface area contributed by atoms with Gasteiger partial charge in [0.1, 0.15) is 0 Å². The summed E-state index contributed by atoms with van der Waals surface area (Å²) in [6, 6.07) is 1.85. The van der Waals surface area contributed by atoms with Crippen LogP contribution in [0.3, 0.4) is 0 Å². The number of fused-ring (bicyclic) bond motifs is 1. The SMILES string of the molecule is CC(=O)Nc1nc(C)c(-c2cc3c(c(S(C)(=O)=O)n2)C(=O)N([C@@H](C)C2CC2)C3)s1. The van der Waals surface area contributed by atoms with E-state index in [1.54, 1.807) is 17.9 Å². The number of aromatic nitrogens is 2. The summed E-state index contributed by atoms with van der Waals surface area (Å²) in [4.78, 5) is 35.5. The quantitative estimate of drug-likeness (QED) is 0.775. The van der Waals surface area contributed by atoms with Crippen molar-refractivity contribution in [2.24, 2.45) is 5.92 Å². The fraction of sp³-hybridized carbons (Fsp3) is 0.474. The molecular formula is C19H22N4O4S2. The first-order chi connectivity index (χ1) is 13.6. The van der Waals surface area contributed by atoms with Crippen LogP contribution in [0.4, 0.5) is 5.13 Å². The molecule has 1 aliphatic carbocycles. The molecule has 0 aromatic carbocycles. The van der Waals surface area contributed by atoms with E-state index in [-0.39, 0.29) is 28.4 Å². The third-order valence-electron chi connectivity index (χ3n) is 5.34. The van der Waals surface area contributed by atoms with Crippen molar-refractivity contribution in [1.82, 2.24) is 14.9 Å². The number of rotatable bonds is 5. The van der Waals surface area contributed by atoms with Crippen molar-refractivity contribution < 1.29 is 18.0 Å². The zero-order chi connectivity index (χ0) is 21.1. The number of pyridine rings is 1. The second kappa shape index (κ2) is 6.88. The van der Waals surface area contributed by atoms with Gasteiger partial charge in [0.05, 0.1) is 21.8 Å². The Hall–Kier alpha value is -2.33. The molecule has 1 N–H and O–H groups in total. The monoisotopic (exact) mass is 434 g/mol. The number of nitrogens with one attached hydrogen (secondary N) is 1. The fourth-order valence-electron chi connectivity index (χ4n) is 3.71. The van der Waals surface area contributed by atoms with Crippen molar-refractivity contribution in [2.75, 3.05) is 11.6 Å². The minimum atomic E-state index is -3.71. The minimum absolute atomic E-state index is 0.0715. The molecule has 0 unspecified atom stereocenters. The van der Waals surface area contributed by atoms with Gasteiger partial charge in [0.15, 0.2) is 20.0 Å². The number of nitrogens with zero attached hydrogens (tertiary/aromatic N) is 3. The molecule has 3 heterocycles. The number of aryl methyl sites for hydroxylation is 1. The van der Waals surface area contributed by atoms with Crippen LogP contribution in [0.1, 0.15) is 48.3 Å². The van der Waals surface area contributed by atoms with Gasteiger partial charge in [0.2, 0.25) is 5.91 Å². The van der Waals surface area contributed by atoms with Crippen LogP contribution < -0.4 is 5.32 Å². The second-order valence-corrected chi connectivity index (χ2v) is 10.7. The Kier molecular flexibility index (Phi) is 4.73. The van der Waals surface area contributed by atoms with E-state index in [0.717, 1.165) is 19.1 Å². The van der Waals surface area contributed by atoms with Gasteiger partial charge in [0, 0.05) is 25.8 Å². The van der Waals surface area contributed by atoms with Gasteiger partial charge in [-0.1, -0.05) is 11.3 Å². The van der Waals surface area contributed by atoms with Crippen LogP contribution in [0, 0.1) is 12.8 Å². The van der Waals surface area contributed by atoms with Gasteiger partial charge in [-0.25, -0.2) is 18.4 Å². The molecule has 8 nitrogen and oxygen atoms in total. The molecular weight excluding hydrogens is 412 g/mol. The highest BCUT2D eigenvalue weighted by Gasteiger charge is 2.41. The predicted octanol–water partition coefficient (Wildman–Crippen LogP) is 2.63.